The van der Waals surface area contributed by atoms with Gasteiger partial charge in [-0.25, -0.2) is 9.59 Å². The number of fused-ring (bicyclic) bond motifs is 2. The summed E-state index contributed by atoms with van der Waals surface area (Å²) in [6, 6.07) is 10.2. The summed E-state index contributed by atoms with van der Waals surface area (Å²) in [6.07, 6.45) is 13.9. The van der Waals surface area contributed by atoms with E-state index >= 15 is 0 Å². The smallest absolute Gasteiger partial charge is 0.333 e. The highest BCUT2D eigenvalue weighted by atomic mass is 32.2. The number of anilines is 1. The minimum atomic E-state index is -4.55. The maximum atomic E-state index is 12.2. The van der Waals surface area contributed by atoms with Crippen LogP contribution in [-0.2, 0) is 65.2 Å². The van der Waals surface area contributed by atoms with E-state index in [0.29, 0.717) is 95.0 Å². The maximum Gasteiger partial charge on any atom is 0.333 e. The van der Waals surface area contributed by atoms with Gasteiger partial charge in [0.25, 0.3) is 43.9 Å². The highest BCUT2D eigenvalue weighted by Gasteiger charge is 2.33. The number of hydroxylamine groups is 4. The van der Waals surface area contributed by atoms with Crippen LogP contribution in [0.3, 0.4) is 0 Å². The lowest BCUT2D eigenvalue weighted by molar-refractivity contribution is -0.671. The standard InChI is InChI=1S/C41H42N4O14S2/c46-36-16-17-37(47)44(36)58-40(50)10-3-1-5-22-42-24-20-28(32-26-30(60(52,53)54)12-14-34(32)42)8-7-9-29-21-25-43(35-15-13-31(27-33(29)35)61(55,56)57)23-6-2-4-11-41(51)59-45-38(48)18-19-39(45)49/h7-9,12-15,20-21,24-27H,1-6,10-11,16-19,22-23H2,(H-,52,53,54,55,56,57)/p+1. The molecule has 0 bridgehead atoms. The molecule has 4 amide bonds. The third-order valence-electron chi connectivity index (χ3n) is 10.1. The molecular weight excluding hydrogens is 837 g/mol. The monoisotopic (exact) mass is 879 g/mol. The van der Waals surface area contributed by atoms with Gasteiger partial charge in [-0.1, -0.05) is 24.6 Å². The molecule has 3 aliphatic rings. The van der Waals surface area contributed by atoms with Gasteiger partial charge in [-0.2, -0.15) is 21.4 Å². The lowest BCUT2D eigenvalue weighted by Gasteiger charge is -2.28. The number of pyridine rings is 1. The van der Waals surface area contributed by atoms with Crippen LogP contribution in [0.1, 0.15) is 88.2 Å². The first-order valence-corrected chi connectivity index (χ1v) is 22.4. The Morgan fingerprint density at radius 3 is 1.85 bits per heavy atom. The number of nitrogens with zero attached hydrogens (tertiary/aromatic N) is 4. The molecule has 0 radical (unpaired) electrons. The predicted molar refractivity (Wildman–Crippen MR) is 215 cm³/mol. The van der Waals surface area contributed by atoms with Gasteiger partial charge in [0, 0.05) is 81.1 Å². The molecule has 20 heteroatoms. The van der Waals surface area contributed by atoms with Crippen molar-refractivity contribution in [3.8, 4) is 0 Å². The Morgan fingerprint density at radius 1 is 0.705 bits per heavy atom. The van der Waals surface area contributed by atoms with Crippen molar-refractivity contribution in [2.45, 2.75) is 93.4 Å². The van der Waals surface area contributed by atoms with Crippen molar-refractivity contribution in [1.82, 2.24) is 10.1 Å². The average molecular weight is 880 g/mol. The second-order valence-electron chi connectivity index (χ2n) is 14.5. The van der Waals surface area contributed by atoms with E-state index in [4.69, 9.17) is 9.68 Å². The second-order valence-corrected chi connectivity index (χ2v) is 17.3. The van der Waals surface area contributed by atoms with Crippen LogP contribution in [0.4, 0.5) is 5.69 Å². The zero-order chi connectivity index (χ0) is 43.9. The molecule has 2 N–H and O–H groups in total. The lowest BCUT2D eigenvalue weighted by Crippen LogP contribution is -2.34. The Balaban J connectivity index is 1.13. The molecule has 3 aromatic rings. The maximum absolute atomic E-state index is 12.2. The number of unbranched alkanes of at least 4 members (excludes halogenated alkanes) is 4. The Labute approximate surface area is 351 Å². The highest BCUT2D eigenvalue weighted by Crippen LogP contribution is 2.35. The Morgan fingerprint density at radius 2 is 1.26 bits per heavy atom. The normalized spacial score (nSPS) is 16.4. The first kappa shape index (κ1) is 44.5. The van der Waals surface area contributed by atoms with E-state index in [1.807, 2.05) is 21.9 Å². The van der Waals surface area contributed by atoms with Crippen LogP contribution in [0.5, 0.6) is 0 Å². The number of aryl methyl sites for hydroxylation is 1. The number of hydrogen-bond donors (Lipinski definition) is 2. The number of carbonyl (C=O) groups is 6. The molecule has 2 aromatic carbocycles. The number of rotatable bonds is 18. The number of carbonyl (C=O) groups excluding carboxylic acids is 6. The fraction of sp³-hybridized carbons (Fsp3) is 0.341. The van der Waals surface area contributed by atoms with Crippen molar-refractivity contribution in [2.75, 3.05) is 11.4 Å². The van der Waals surface area contributed by atoms with Crippen molar-refractivity contribution in [3.63, 3.8) is 0 Å². The summed E-state index contributed by atoms with van der Waals surface area (Å²) in [5.74, 6) is -3.57. The molecule has 6 rings (SSSR count). The van der Waals surface area contributed by atoms with Gasteiger partial charge in [-0.3, -0.25) is 28.3 Å². The lowest BCUT2D eigenvalue weighted by atomic mass is 9.98. The first-order chi connectivity index (χ1) is 29.0. The van der Waals surface area contributed by atoms with E-state index < -0.39 is 55.8 Å². The average Bonchev–Trinajstić information content (AvgIpc) is 3.70. The largest absolute Gasteiger partial charge is 0.347 e. The zero-order valence-corrected chi connectivity index (χ0v) is 34.4. The molecule has 18 nitrogen and oxygen atoms in total. The van der Waals surface area contributed by atoms with Crippen molar-refractivity contribution in [1.29, 1.82) is 0 Å². The zero-order valence-electron chi connectivity index (χ0n) is 32.8. The SMILES string of the molecule is O=C(CCCCCN1C=C/C(=C\C=C\c2cc[n+](CCCCCC(=O)ON3C(=O)CCC3=O)c3ccc(S(=O)(=O)O)cc23)c2cc(S(=O)(=O)O)ccc21)ON1C(=O)CCC1=O. The quantitative estimate of drug-likeness (QED) is 0.0779. The molecule has 0 aliphatic carbocycles. The number of benzene rings is 2. The molecule has 1 aromatic heterocycles. The molecule has 322 valence electrons. The molecule has 2 saturated heterocycles. The van der Waals surface area contributed by atoms with Crippen molar-refractivity contribution in [2.24, 2.45) is 0 Å². The van der Waals surface area contributed by atoms with Crippen LogP contribution >= 0.6 is 0 Å². The van der Waals surface area contributed by atoms with Gasteiger partial charge in [0.05, 0.1) is 15.2 Å². The molecule has 0 atom stereocenters. The van der Waals surface area contributed by atoms with E-state index in [2.05, 4.69) is 0 Å². The number of hydrogen-bond acceptors (Lipinski definition) is 13. The third-order valence-corrected chi connectivity index (χ3v) is 11.8. The van der Waals surface area contributed by atoms with Gasteiger partial charge >= 0.3 is 11.9 Å². The van der Waals surface area contributed by atoms with Crippen LogP contribution in [-0.4, -0.2) is 78.2 Å². The van der Waals surface area contributed by atoms with E-state index in [-0.39, 0.29) is 48.3 Å². The fourth-order valence-electron chi connectivity index (χ4n) is 7.00. The Hall–Kier alpha value is -6.09. The number of imide groups is 2. The number of allylic oxidation sites excluding steroid dienone is 4. The minimum Gasteiger partial charge on any atom is -0.347 e. The molecule has 4 heterocycles. The first-order valence-electron chi connectivity index (χ1n) is 19.5. The van der Waals surface area contributed by atoms with Gasteiger partial charge in [0.1, 0.15) is 6.54 Å². The van der Waals surface area contributed by atoms with E-state index in [9.17, 15) is 54.7 Å². The van der Waals surface area contributed by atoms with Crippen molar-refractivity contribution >= 4 is 84.0 Å². The van der Waals surface area contributed by atoms with Gasteiger partial charge in [-0.15, -0.1) is 10.1 Å². The molecule has 2 fully saturated rings. The predicted octanol–water partition coefficient (Wildman–Crippen LogP) is 4.39. The van der Waals surface area contributed by atoms with Crippen LogP contribution < -0.4 is 9.47 Å². The van der Waals surface area contributed by atoms with Gasteiger partial charge in [0.2, 0.25) is 5.52 Å². The summed E-state index contributed by atoms with van der Waals surface area (Å²) < 4.78 is 70.0. The van der Waals surface area contributed by atoms with Gasteiger partial charge in [0.15, 0.2) is 6.20 Å². The molecule has 61 heavy (non-hydrogen) atoms. The van der Waals surface area contributed by atoms with E-state index in [1.165, 1.54) is 24.3 Å². The molecule has 3 aliphatic heterocycles. The van der Waals surface area contributed by atoms with Crippen LogP contribution in [0.15, 0.2) is 82.9 Å². The third kappa shape index (κ3) is 11.2. The van der Waals surface area contributed by atoms with Crippen LogP contribution in [0, 0.1) is 0 Å². The second kappa shape index (κ2) is 19.1. The summed E-state index contributed by atoms with van der Waals surface area (Å²) in [4.78, 5) is 82.3. The van der Waals surface area contributed by atoms with Crippen LogP contribution in [0.25, 0.3) is 22.6 Å². The highest BCUT2D eigenvalue weighted by molar-refractivity contribution is 7.86. The Bertz CT molecular complexity index is 2570. The summed E-state index contributed by atoms with van der Waals surface area (Å²) in [6.45, 7) is 0.968. The van der Waals surface area contributed by atoms with E-state index in [0.717, 1.165) is 0 Å². The van der Waals surface area contributed by atoms with Crippen LogP contribution in [0.2, 0.25) is 0 Å². The summed E-state index contributed by atoms with van der Waals surface area (Å²) in [7, 11) is -9.10. The minimum absolute atomic E-state index is 0.00377. The molecule has 0 unspecified atom stereocenters. The Kier molecular flexibility index (Phi) is 13.9. The summed E-state index contributed by atoms with van der Waals surface area (Å²) in [5.41, 5.74) is 2.99. The molecule has 0 saturated carbocycles. The summed E-state index contributed by atoms with van der Waals surface area (Å²) >= 11 is 0. The van der Waals surface area contributed by atoms with Gasteiger partial charge in [-0.05, 0) is 73.2 Å². The van der Waals surface area contributed by atoms with E-state index in [1.54, 1.807) is 42.5 Å². The van der Waals surface area contributed by atoms with Gasteiger partial charge < -0.3 is 14.6 Å². The van der Waals surface area contributed by atoms with Crippen molar-refractivity contribution < 1.29 is 69.0 Å². The van der Waals surface area contributed by atoms with Crippen molar-refractivity contribution in [3.05, 3.63) is 84.2 Å². The number of aromatic nitrogens is 1. The number of amides is 4. The summed E-state index contributed by atoms with van der Waals surface area (Å²) in [5, 5.41) is 1.53. The molecule has 0 spiro atoms. The topological polar surface area (TPSA) is 243 Å². The fourth-order valence-corrected chi connectivity index (χ4v) is 8.01. The molecular formula is C41H43N4O14S2+.